The van der Waals surface area contributed by atoms with Crippen LogP contribution in [0.3, 0.4) is 0 Å². The first kappa shape index (κ1) is 19.1. The average Bonchev–Trinajstić information content (AvgIpc) is 3.23. The molecule has 2 aliphatic rings. The van der Waals surface area contributed by atoms with E-state index in [9.17, 15) is 8.42 Å². The highest BCUT2D eigenvalue weighted by atomic mass is 32.2. The van der Waals surface area contributed by atoms with Crippen LogP contribution in [0.1, 0.15) is 35.8 Å². The van der Waals surface area contributed by atoms with Crippen LogP contribution in [0.2, 0.25) is 0 Å². The molecule has 1 atom stereocenters. The van der Waals surface area contributed by atoms with E-state index in [0.29, 0.717) is 11.4 Å². The summed E-state index contributed by atoms with van der Waals surface area (Å²) >= 11 is 1.94. The Hall–Kier alpha value is -1.28. The number of furan rings is 1. The van der Waals surface area contributed by atoms with Gasteiger partial charge < -0.3 is 4.42 Å². The Balaban J connectivity index is 1.51. The van der Waals surface area contributed by atoms with E-state index in [2.05, 4.69) is 9.62 Å². The number of nitrogens with zero attached hydrogens (tertiary/aromatic N) is 1. The third-order valence-corrected chi connectivity index (χ3v) is 7.82. The minimum atomic E-state index is -3.54. The molecule has 5 nitrogen and oxygen atoms in total. The van der Waals surface area contributed by atoms with E-state index in [1.807, 2.05) is 36.0 Å². The number of nitrogens with one attached hydrogen (secondary N) is 1. The van der Waals surface area contributed by atoms with E-state index in [1.54, 1.807) is 12.3 Å². The summed E-state index contributed by atoms with van der Waals surface area (Å²) in [7, 11) is -3.54. The zero-order valence-electron chi connectivity index (χ0n) is 15.4. The van der Waals surface area contributed by atoms with Gasteiger partial charge in [-0.2, -0.15) is 11.8 Å². The van der Waals surface area contributed by atoms with Gasteiger partial charge in [0.05, 0.1) is 17.2 Å². The van der Waals surface area contributed by atoms with Crippen molar-refractivity contribution in [3.63, 3.8) is 0 Å². The standard InChI is InChI=1S/C20H26N2O3S2/c23-27(24,18-8-7-16-4-1-2-5-17(16)14-18)21-15-19(20-6-3-11-25-20)22-9-12-26-13-10-22/h3,6-8,11,14,19,21H,1-2,4-5,9-10,12-13,15H2/t19-/m0/s1. The molecule has 4 rings (SSSR count). The topological polar surface area (TPSA) is 62.6 Å². The van der Waals surface area contributed by atoms with Crippen LogP contribution >= 0.6 is 11.8 Å². The number of thioether (sulfide) groups is 1. The van der Waals surface area contributed by atoms with Crippen LogP contribution in [0, 0.1) is 0 Å². The molecule has 146 valence electrons. The zero-order chi connectivity index (χ0) is 18.7. The molecule has 0 amide bonds. The highest BCUT2D eigenvalue weighted by molar-refractivity contribution is 7.99. The lowest BCUT2D eigenvalue weighted by Crippen LogP contribution is -2.41. The lowest BCUT2D eigenvalue weighted by molar-refractivity contribution is 0.193. The Morgan fingerprint density at radius 2 is 1.89 bits per heavy atom. The summed E-state index contributed by atoms with van der Waals surface area (Å²) in [6.07, 6.45) is 6.00. The SMILES string of the molecule is O=S(=O)(NC[C@@H](c1ccco1)N1CCSCC1)c1ccc2c(c1)CCCC2. The van der Waals surface area contributed by atoms with Crippen molar-refractivity contribution in [2.45, 2.75) is 36.6 Å². The molecule has 1 aromatic carbocycles. The molecule has 0 saturated carbocycles. The first-order valence-corrected chi connectivity index (χ1v) is 12.2. The van der Waals surface area contributed by atoms with E-state index in [-0.39, 0.29) is 6.04 Å². The normalized spacial score (nSPS) is 19.6. The van der Waals surface area contributed by atoms with E-state index < -0.39 is 10.0 Å². The van der Waals surface area contributed by atoms with Gasteiger partial charge in [0.2, 0.25) is 10.0 Å². The second-order valence-corrected chi connectivity index (χ2v) is 10.2. The van der Waals surface area contributed by atoms with Crippen molar-refractivity contribution in [2.75, 3.05) is 31.1 Å². The Bertz CT molecular complexity index is 859. The maximum absolute atomic E-state index is 12.9. The summed E-state index contributed by atoms with van der Waals surface area (Å²) < 4.78 is 34.3. The summed E-state index contributed by atoms with van der Waals surface area (Å²) in [5.74, 6) is 2.94. The van der Waals surface area contributed by atoms with Crippen molar-refractivity contribution in [3.8, 4) is 0 Å². The van der Waals surface area contributed by atoms with Crippen LogP contribution in [-0.4, -0.2) is 44.5 Å². The average molecular weight is 407 g/mol. The lowest BCUT2D eigenvalue weighted by Gasteiger charge is -2.33. The predicted molar refractivity (Wildman–Crippen MR) is 109 cm³/mol. The molecular formula is C20H26N2O3S2. The molecule has 1 fully saturated rings. The van der Waals surface area contributed by atoms with E-state index in [1.165, 1.54) is 17.5 Å². The van der Waals surface area contributed by atoms with Gasteiger partial charge in [-0.05, 0) is 61.1 Å². The fourth-order valence-corrected chi connectivity index (χ4v) is 5.95. The Labute approximate surface area is 165 Å². The van der Waals surface area contributed by atoms with Crippen molar-refractivity contribution < 1.29 is 12.8 Å². The monoisotopic (exact) mass is 406 g/mol. The van der Waals surface area contributed by atoms with Crippen molar-refractivity contribution in [1.82, 2.24) is 9.62 Å². The molecule has 1 N–H and O–H groups in total. The minimum Gasteiger partial charge on any atom is -0.468 e. The molecule has 1 saturated heterocycles. The zero-order valence-corrected chi connectivity index (χ0v) is 17.0. The van der Waals surface area contributed by atoms with Crippen LogP contribution in [0.15, 0.2) is 45.9 Å². The van der Waals surface area contributed by atoms with Gasteiger partial charge in [0, 0.05) is 31.1 Å². The molecule has 7 heteroatoms. The summed E-state index contributed by atoms with van der Waals surface area (Å²) in [6, 6.07) is 9.30. The number of hydrogen-bond donors (Lipinski definition) is 1. The first-order valence-electron chi connectivity index (χ1n) is 9.60. The lowest BCUT2D eigenvalue weighted by atomic mass is 9.92. The molecule has 1 aliphatic carbocycles. The van der Waals surface area contributed by atoms with Crippen molar-refractivity contribution in [2.24, 2.45) is 0 Å². The molecule has 0 spiro atoms. The molecule has 1 aliphatic heterocycles. The van der Waals surface area contributed by atoms with Crippen LogP contribution in [-0.2, 0) is 22.9 Å². The largest absolute Gasteiger partial charge is 0.468 e. The van der Waals surface area contributed by atoms with Crippen LogP contribution in [0.4, 0.5) is 0 Å². The third kappa shape index (κ3) is 4.42. The Kier molecular flexibility index (Phi) is 5.92. The molecular weight excluding hydrogens is 380 g/mol. The third-order valence-electron chi connectivity index (χ3n) is 5.46. The molecule has 2 aromatic rings. The summed E-state index contributed by atoms with van der Waals surface area (Å²) in [5, 5.41) is 0. The highest BCUT2D eigenvalue weighted by Gasteiger charge is 2.27. The van der Waals surface area contributed by atoms with Gasteiger partial charge in [-0.1, -0.05) is 6.07 Å². The predicted octanol–water partition coefficient (Wildman–Crippen LogP) is 3.23. The highest BCUT2D eigenvalue weighted by Crippen LogP contribution is 2.26. The maximum atomic E-state index is 12.9. The number of hydrogen-bond acceptors (Lipinski definition) is 5. The fraction of sp³-hybridized carbons (Fsp3) is 0.500. The number of benzene rings is 1. The number of rotatable bonds is 6. The van der Waals surface area contributed by atoms with Gasteiger partial charge in [0.1, 0.15) is 5.76 Å². The van der Waals surface area contributed by atoms with Gasteiger partial charge >= 0.3 is 0 Å². The molecule has 2 heterocycles. The molecule has 1 aromatic heterocycles. The van der Waals surface area contributed by atoms with Crippen molar-refractivity contribution in [1.29, 1.82) is 0 Å². The van der Waals surface area contributed by atoms with E-state index in [4.69, 9.17) is 4.42 Å². The molecule has 0 bridgehead atoms. The Morgan fingerprint density at radius 3 is 2.63 bits per heavy atom. The van der Waals surface area contributed by atoms with Gasteiger partial charge in [-0.15, -0.1) is 0 Å². The molecule has 0 radical (unpaired) electrons. The van der Waals surface area contributed by atoms with Crippen molar-refractivity contribution in [3.05, 3.63) is 53.5 Å². The Morgan fingerprint density at radius 1 is 1.11 bits per heavy atom. The molecule has 27 heavy (non-hydrogen) atoms. The second-order valence-electron chi connectivity index (χ2n) is 7.17. The fourth-order valence-electron chi connectivity index (χ4n) is 3.93. The second kappa shape index (κ2) is 8.39. The van der Waals surface area contributed by atoms with Gasteiger partial charge in [-0.25, -0.2) is 13.1 Å². The van der Waals surface area contributed by atoms with Crippen LogP contribution in [0.5, 0.6) is 0 Å². The number of sulfonamides is 1. The summed E-state index contributed by atoms with van der Waals surface area (Å²) in [6.45, 7) is 2.20. The van der Waals surface area contributed by atoms with E-state index in [0.717, 1.165) is 49.6 Å². The summed E-state index contributed by atoms with van der Waals surface area (Å²) in [4.78, 5) is 2.68. The van der Waals surface area contributed by atoms with Gasteiger partial charge in [0.25, 0.3) is 0 Å². The first-order chi connectivity index (χ1) is 13.1. The van der Waals surface area contributed by atoms with Gasteiger partial charge in [-0.3, -0.25) is 4.90 Å². The van der Waals surface area contributed by atoms with Crippen LogP contribution < -0.4 is 4.72 Å². The molecule has 0 unspecified atom stereocenters. The quantitative estimate of drug-likeness (QED) is 0.798. The maximum Gasteiger partial charge on any atom is 0.240 e. The summed E-state index contributed by atoms with van der Waals surface area (Å²) in [5.41, 5.74) is 2.47. The number of aryl methyl sites for hydroxylation is 2. The smallest absolute Gasteiger partial charge is 0.240 e. The van der Waals surface area contributed by atoms with Crippen LogP contribution in [0.25, 0.3) is 0 Å². The van der Waals surface area contributed by atoms with Gasteiger partial charge in [0.15, 0.2) is 0 Å². The number of fused-ring (bicyclic) bond motifs is 1. The van der Waals surface area contributed by atoms with Crippen molar-refractivity contribution >= 4 is 21.8 Å². The minimum absolute atomic E-state index is 0.0756. The van der Waals surface area contributed by atoms with E-state index >= 15 is 0 Å².